The summed E-state index contributed by atoms with van der Waals surface area (Å²) >= 11 is 0. The zero-order chi connectivity index (χ0) is 13.3. The first-order chi connectivity index (χ1) is 8.40. The highest BCUT2D eigenvalue weighted by Gasteiger charge is 2.37. The van der Waals surface area contributed by atoms with Gasteiger partial charge < -0.3 is 9.05 Å². The van der Waals surface area contributed by atoms with Crippen LogP contribution in [0.25, 0.3) is 0 Å². The summed E-state index contributed by atoms with van der Waals surface area (Å²) < 4.78 is 49.1. The van der Waals surface area contributed by atoms with Gasteiger partial charge in [0.05, 0.1) is 18.4 Å². The van der Waals surface area contributed by atoms with Gasteiger partial charge >= 0.3 is 7.60 Å². The van der Waals surface area contributed by atoms with E-state index >= 15 is 0 Å². The van der Waals surface area contributed by atoms with E-state index in [1.807, 2.05) is 0 Å². The summed E-state index contributed by atoms with van der Waals surface area (Å²) in [7, 11) is -3.18. The molecule has 2 atom stereocenters. The topological polar surface area (TPSA) is 35.5 Å². The van der Waals surface area contributed by atoms with Crippen LogP contribution in [0.4, 0.5) is 8.78 Å². The summed E-state index contributed by atoms with van der Waals surface area (Å²) in [6.07, 6.45) is -0.156. The van der Waals surface area contributed by atoms with Crippen molar-refractivity contribution in [1.29, 1.82) is 0 Å². The zero-order valence-electron chi connectivity index (χ0n) is 10.2. The van der Waals surface area contributed by atoms with Crippen molar-refractivity contribution in [1.82, 2.24) is 0 Å². The molecule has 6 heteroatoms. The van der Waals surface area contributed by atoms with Crippen molar-refractivity contribution in [2.24, 2.45) is 0 Å². The molecule has 0 spiro atoms. The van der Waals surface area contributed by atoms with Gasteiger partial charge in [-0.3, -0.25) is 4.57 Å². The molecule has 100 valence electrons. The molecule has 0 saturated carbocycles. The van der Waals surface area contributed by atoms with Gasteiger partial charge in [0.1, 0.15) is 11.6 Å². The molecule has 1 fully saturated rings. The lowest BCUT2D eigenvalue weighted by molar-refractivity contribution is 0.0777. The van der Waals surface area contributed by atoms with Gasteiger partial charge in [-0.25, -0.2) is 8.78 Å². The Labute approximate surface area is 105 Å². The maximum Gasteiger partial charge on any atom is 0.333 e. The van der Waals surface area contributed by atoms with Crippen molar-refractivity contribution in [3.63, 3.8) is 0 Å². The minimum atomic E-state index is -3.18. The van der Waals surface area contributed by atoms with Crippen LogP contribution in [-0.4, -0.2) is 12.3 Å². The highest BCUT2D eigenvalue weighted by molar-refractivity contribution is 7.54. The summed E-state index contributed by atoms with van der Waals surface area (Å²) in [4.78, 5) is 0. The largest absolute Gasteiger partial charge is 0.333 e. The minimum absolute atomic E-state index is 0.262. The number of rotatable bonds is 2. The third kappa shape index (κ3) is 2.79. The average molecular weight is 276 g/mol. The van der Waals surface area contributed by atoms with Crippen molar-refractivity contribution in [3.05, 3.63) is 35.4 Å². The zero-order valence-corrected chi connectivity index (χ0v) is 11.1. The second kappa shape index (κ2) is 5.08. The molecule has 1 aliphatic rings. The fraction of sp³-hybridized carbons (Fsp3) is 0.500. The number of hydrogen-bond acceptors (Lipinski definition) is 3. The molecule has 18 heavy (non-hydrogen) atoms. The van der Waals surface area contributed by atoms with Crippen LogP contribution in [0.5, 0.6) is 0 Å². The Morgan fingerprint density at radius 2 is 1.89 bits per heavy atom. The van der Waals surface area contributed by atoms with Gasteiger partial charge in [0.25, 0.3) is 0 Å². The summed E-state index contributed by atoms with van der Waals surface area (Å²) in [5.74, 6) is -1.33. The van der Waals surface area contributed by atoms with Gasteiger partial charge in [0, 0.05) is 12.5 Å². The van der Waals surface area contributed by atoms with Crippen molar-refractivity contribution in [2.75, 3.05) is 6.61 Å². The standard InChI is InChI=1S/C12H15F2O3P/c1-8(2)18(15)16-4-3-12(17-18)9-5-10(13)7-11(14)6-9/h5-8,12H,3-4H2,1-2H3. The fourth-order valence-electron chi connectivity index (χ4n) is 1.81. The Morgan fingerprint density at radius 3 is 2.44 bits per heavy atom. The average Bonchev–Trinajstić information content (AvgIpc) is 2.27. The van der Waals surface area contributed by atoms with E-state index in [4.69, 9.17) is 9.05 Å². The Morgan fingerprint density at radius 1 is 1.28 bits per heavy atom. The first-order valence-corrected chi connectivity index (χ1v) is 7.40. The van der Waals surface area contributed by atoms with Crippen LogP contribution in [0, 0.1) is 11.6 Å². The Kier molecular flexibility index (Phi) is 3.85. The third-order valence-corrected chi connectivity index (χ3v) is 5.17. The SMILES string of the molecule is CC(C)P1(=O)OCCC(c2cc(F)cc(F)c2)O1. The Balaban J connectivity index is 2.26. The summed E-state index contributed by atoms with van der Waals surface area (Å²) in [5.41, 5.74) is 0.0791. The van der Waals surface area contributed by atoms with Crippen LogP contribution >= 0.6 is 7.60 Å². The quantitative estimate of drug-likeness (QED) is 0.764. The maximum atomic E-state index is 13.1. The van der Waals surface area contributed by atoms with Crippen LogP contribution in [-0.2, 0) is 13.6 Å². The van der Waals surface area contributed by atoms with Crippen LogP contribution in [0.15, 0.2) is 18.2 Å². The number of halogens is 2. The second-order valence-corrected chi connectivity index (χ2v) is 7.13. The van der Waals surface area contributed by atoms with Crippen LogP contribution < -0.4 is 0 Å². The fourth-order valence-corrected chi connectivity index (χ4v) is 3.35. The highest BCUT2D eigenvalue weighted by Crippen LogP contribution is 2.59. The normalized spacial score (nSPS) is 28.6. The molecule has 1 aromatic carbocycles. The number of benzene rings is 1. The molecule has 2 rings (SSSR count). The molecule has 0 radical (unpaired) electrons. The molecule has 2 unspecified atom stereocenters. The first kappa shape index (κ1) is 13.7. The molecule has 1 saturated heterocycles. The monoisotopic (exact) mass is 276 g/mol. The molecule has 0 N–H and O–H groups in total. The van der Waals surface area contributed by atoms with E-state index in [1.54, 1.807) is 13.8 Å². The smallest absolute Gasteiger partial charge is 0.308 e. The van der Waals surface area contributed by atoms with E-state index in [2.05, 4.69) is 0 Å². The predicted octanol–water partition coefficient (Wildman–Crippen LogP) is 4.04. The van der Waals surface area contributed by atoms with Crippen LogP contribution in [0.3, 0.4) is 0 Å². The molecule has 0 aromatic heterocycles. The van der Waals surface area contributed by atoms with Crippen molar-refractivity contribution >= 4 is 7.60 Å². The van der Waals surface area contributed by atoms with Gasteiger partial charge in [-0.15, -0.1) is 0 Å². The molecule has 0 aliphatic carbocycles. The summed E-state index contributed by atoms with van der Waals surface area (Å²) in [5, 5.41) is 0. The van der Waals surface area contributed by atoms with Gasteiger partial charge in [0.15, 0.2) is 0 Å². The predicted molar refractivity (Wildman–Crippen MR) is 63.5 cm³/mol. The van der Waals surface area contributed by atoms with E-state index in [1.165, 1.54) is 12.1 Å². The van der Waals surface area contributed by atoms with Crippen molar-refractivity contribution < 1.29 is 22.4 Å². The molecule has 0 amide bonds. The summed E-state index contributed by atoms with van der Waals surface area (Å²) in [6, 6.07) is 3.19. The summed E-state index contributed by atoms with van der Waals surface area (Å²) in [6.45, 7) is 3.73. The van der Waals surface area contributed by atoms with Crippen LogP contribution in [0.2, 0.25) is 0 Å². The molecular formula is C12H15F2O3P. The lowest BCUT2D eigenvalue weighted by Crippen LogP contribution is -2.18. The molecule has 1 heterocycles. The maximum absolute atomic E-state index is 13.1. The second-order valence-electron chi connectivity index (χ2n) is 4.55. The lowest BCUT2D eigenvalue weighted by atomic mass is 10.1. The van der Waals surface area contributed by atoms with E-state index in [0.717, 1.165) is 6.07 Å². The van der Waals surface area contributed by atoms with Gasteiger partial charge in [-0.2, -0.15) is 0 Å². The van der Waals surface area contributed by atoms with E-state index in [9.17, 15) is 13.3 Å². The Bertz CT molecular complexity index is 470. The Hall–Kier alpha value is -0.770. The lowest BCUT2D eigenvalue weighted by Gasteiger charge is -2.32. The molecule has 1 aromatic rings. The van der Waals surface area contributed by atoms with E-state index in [-0.39, 0.29) is 12.3 Å². The van der Waals surface area contributed by atoms with E-state index < -0.39 is 25.3 Å². The van der Waals surface area contributed by atoms with Crippen molar-refractivity contribution in [2.45, 2.75) is 32.0 Å². The van der Waals surface area contributed by atoms with Gasteiger partial charge in [0.2, 0.25) is 0 Å². The van der Waals surface area contributed by atoms with Gasteiger partial charge in [-0.05, 0) is 17.7 Å². The van der Waals surface area contributed by atoms with Gasteiger partial charge in [-0.1, -0.05) is 13.8 Å². The molecular weight excluding hydrogens is 261 g/mol. The number of hydrogen-bond donors (Lipinski definition) is 0. The highest BCUT2D eigenvalue weighted by atomic mass is 31.2. The molecule has 3 nitrogen and oxygen atoms in total. The first-order valence-electron chi connectivity index (χ1n) is 5.79. The van der Waals surface area contributed by atoms with Crippen LogP contribution in [0.1, 0.15) is 31.9 Å². The minimum Gasteiger partial charge on any atom is -0.308 e. The molecule has 0 bridgehead atoms. The van der Waals surface area contributed by atoms with Crippen molar-refractivity contribution in [3.8, 4) is 0 Å². The third-order valence-electron chi connectivity index (χ3n) is 2.81. The van der Waals surface area contributed by atoms with E-state index in [0.29, 0.717) is 12.0 Å². The molecule has 1 aliphatic heterocycles.